The van der Waals surface area contributed by atoms with Crippen LogP contribution in [0.2, 0.25) is 0 Å². The molecule has 3 N–H and O–H groups in total. The summed E-state index contributed by atoms with van der Waals surface area (Å²) in [5, 5.41) is 0. The second-order valence-corrected chi connectivity index (χ2v) is 15.0. The summed E-state index contributed by atoms with van der Waals surface area (Å²) in [6.45, 7) is 3.72. The molecule has 0 saturated carbocycles. The van der Waals surface area contributed by atoms with Crippen LogP contribution >= 0.6 is 7.82 Å². The number of phosphoric ester groups is 1. The lowest BCUT2D eigenvalue weighted by molar-refractivity contribution is -0.161. The van der Waals surface area contributed by atoms with Crippen molar-refractivity contribution in [3.8, 4) is 0 Å². The van der Waals surface area contributed by atoms with E-state index in [1.165, 1.54) is 116 Å². The Bertz CT molecular complexity index is 825. The lowest BCUT2D eigenvalue weighted by Crippen LogP contribution is -2.29. The van der Waals surface area contributed by atoms with E-state index in [1.807, 2.05) is 0 Å². The number of allylic oxidation sites excluding steroid dienone is 2. The van der Waals surface area contributed by atoms with Crippen LogP contribution in [0.3, 0.4) is 0 Å². The van der Waals surface area contributed by atoms with Crippen LogP contribution in [0, 0.1) is 0 Å². The first-order valence-corrected chi connectivity index (χ1v) is 21.7. The molecule has 1 unspecified atom stereocenters. The number of carbonyl (C=O) groups is 2. The van der Waals surface area contributed by atoms with Gasteiger partial charge in [0.25, 0.3) is 0 Å². The zero-order chi connectivity index (χ0) is 36.1. The summed E-state index contributed by atoms with van der Waals surface area (Å²) in [4.78, 5) is 34.7. The van der Waals surface area contributed by atoms with Gasteiger partial charge in [0.1, 0.15) is 6.61 Å². The van der Waals surface area contributed by atoms with Gasteiger partial charge in [0.15, 0.2) is 6.10 Å². The molecule has 0 fully saturated rings. The maximum Gasteiger partial charge on any atom is 0.472 e. The maximum absolute atomic E-state index is 12.5. The lowest BCUT2D eigenvalue weighted by Gasteiger charge is -2.19. The van der Waals surface area contributed by atoms with Crippen molar-refractivity contribution >= 4 is 19.8 Å². The van der Waals surface area contributed by atoms with E-state index in [-0.39, 0.29) is 38.6 Å². The Hall–Kier alpha value is -1.25. The van der Waals surface area contributed by atoms with Gasteiger partial charge >= 0.3 is 19.8 Å². The van der Waals surface area contributed by atoms with Gasteiger partial charge in [-0.1, -0.05) is 154 Å². The van der Waals surface area contributed by atoms with Crippen LogP contribution in [0.15, 0.2) is 12.2 Å². The van der Waals surface area contributed by atoms with Gasteiger partial charge in [-0.3, -0.25) is 18.6 Å². The molecule has 10 heteroatoms. The van der Waals surface area contributed by atoms with E-state index in [4.69, 9.17) is 24.3 Å². The lowest BCUT2D eigenvalue weighted by atomic mass is 10.0. The van der Waals surface area contributed by atoms with E-state index in [1.54, 1.807) is 0 Å². The molecule has 0 radical (unpaired) electrons. The highest BCUT2D eigenvalue weighted by Crippen LogP contribution is 2.43. The second kappa shape index (κ2) is 36.5. The Labute approximate surface area is 300 Å². The van der Waals surface area contributed by atoms with Gasteiger partial charge in [0.2, 0.25) is 0 Å². The zero-order valence-electron chi connectivity index (χ0n) is 31.7. The van der Waals surface area contributed by atoms with Crippen molar-refractivity contribution in [2.24, 2.45) is 5.73 Å². The molecule has 0 aromatic heterocycles. The topological polar surface area (TPSA) is 134 Å². The van der Waals surface area contributed by atoms with Crippen LogP contribution in [-0.2, 0) is 32.7 Å². The monoisotopic (exact) mass is 718 g/mol. The number of phosphoric acid groups is 1. The van der Waals surface area contributed by atoms with Crippen molar-refractivity contribution in [2.45, 2.75) is 200 Å². The highest BCUT2D eigenvalue weighted by molar-refractivity contribution is 7.47. The Balaban J connectivity index is 4.18. The quantitative estimate of drug-likeness (QED) is 0.0277. The number of hydrogen-bond acceptors (Lipinski definition) is 8. The molecule has 9 nitrogen and oxygen atoms in total. The summed E-state index contributed by atoms with van der Waals surface area (Å²) in [5.74, 6) is -0.840. The van der Waals surface area contributed by atoms with Crippen molar-refractivity contribution in [3.63, 3.8) is 0 Å². The molecule has 49 heavy (non-hydrogen) atoms. The number of unbranched alkanes of at least 4 members (excludes halogenated alkanes) is 23. The van der Waals surface area contributed by atoms with E-state index in [9.17, 15) is 19.0 Å². The normalized spacial score (nSPS) is 13.5. The van der Waals surface area contributed by atoms with Crippen LogP contribution in [0.4, 0.5) is 0 Å². The minimum absolute atomic E-state index is 0.0537. The SMILES string of the molecule is CCCCCCCC/C=C/CCCCCC(=O)O[C@H](COC(=O)CCCCCCCCCCCCCCCCC)COP(=O)(O)OCCN. The third-order valence-electron chi connectivity index (χ3n) is 8.65. The summed E-state index contributed by atoms with van der Waals surface area (Å²) in [6.07, 6.45) is 35.2. The number of rotatable bonds is 38. The van der Waals surface area contributed by atoms with Crippen LogP contribution in [0.5, 0.6) is 0 Å². The fourth-order valence-electron chi connectivity index (χ4n) is 5.63. The highest BCUT2D eigenvalue weighted by Gasteiger charge is 2.25. The first-order chi connectivity index (χ1) is 23.8. The molecule has 0 aliphatic heterocycles. The van der Waals surface area contributed by atoms with Crippen LogP contribution < -0.4 is 5.73 Å². The Morgan fingerprint density at radius 3 is 1.47 bits per heavy atom. The van der Waals surface area contributed by atoms with Gasteiger partial charge in [-0.25, -0.2) is 4.57 Å². The van der Waals surface area contributed by atoms with Crippen molar-refractivity contribution in [1.82, 2.24) is 0 Å². The number of esters is 2. The van der Waals surface area contributed by atoms with Gasteiger partial charge < -0.3 is 20.1 Å². The predicted octanol–water partition coefficient (Wildman–Crippen LogP) is 11.1. The first-order valence-electron chi connectivity index (χ1n) is 20.2. The Morgan fingerprint density at radius 2 is 1.00 bits per heavy atom. The van der Waals surface area contributed by atoms with Crippen molar-refractivity contribution in [3.05, 3.63) is 12.2 Å². The second-order valence-electron chi connectivity index (χ2n) is 13.5. The number of hydrogen-bond donors (Lipinski definition) is 2. The van der Waals surface area contributed by atoms with E-state index >= 15 is 0 Å². The molecule has 0 amide bonds. The van der Waals surface area contributed by atoms with Crippen LogP contribution in [0.25, 0.3) is 0 Å². The van der Waals surface area contributed by atoms with Gasteiger partial charge in [0, 0.05) is 19.4 Å². The highest BCUT2D eigenvalue weighted by atomic mass is 31.2. The largest absolute Gasteiger partial charge is 0.472 e. The Kier molecular flexibility index (Phi) is 35.6. The minimum atomic E-state index is -4.37. The van der Waals surface area contributed by atoms with Crippen molar-refractivity contribution in [1.29, 1.82) is 0 Å². The minimum Gasteiger partial charge on any atom is -0.462 e. The van der Waals surface area contributed by atoms with E-state index in [2.05, 4.69) is 26.0 Å². The van der Waals surface area contributed by atoms with Gasteiger partial charge in [-0.15, -0.1) is 0 Å². The third kappa shape index (κ3) is 36.3. The molecule has 0 bridgehead atoms. The summed E-state index contributed by atoms with van der Waals surface area (Å²) in [6, 6.07) is 0. The van der Waals surface area contributed by atoms with E-state index in [0.717, 1.165) is 44.9 Å². The number of ether oxygens (including phenoxy) is 2. The molecule has 0 heterocycles. The summed E-state index contributed by atoms with van der Waals surface area (Å²) in [5.41, 5.74) is 5.33. The third-order valence-corrected chi connectivity index (χ3v) is 9.64. The fraction of sp³-hybridized carbons (Fsp3) is 0.897. The first kappa shape index (κ1) is 47.8. The zero-order valence-corrected chi connectivity index (χ0v) is 32.6. The van der Waals surface area contributed by atoms with Crippen molar-refractivity contribution < 1.29 is 37.6 Å². The number of carbonyl (C=O) groups excluding carboxylic acids is 2. The van der Waals surface area contributed by atoms with Gasteiger partial charge in [-0.05, 0) is 38.5 Å². The average Bonchev–Trinajstić information content (AvgIpc) is 3.08. The summed E-state index contributed by atoms with van der Waals surface area (Å²) >= 11 is 0. The molecule has 0 aliphatic carbocycles. The molecule has 0 spiro atoms. The molecular formula is C39H76NO8P. The van der Waals surface area contributed by atoms with Crippen LogP contribution in [0.1, 0.15) is 194 Å². The molecule has 2 atom stereocenters. The van der Waals surface area contributed by atoms with Gasteiger partial charge in [-0.2, -0.15) is 0 Å². The van der Waals surface area contributed by atoms with Crippen molar-refractivity contribution in [2.75, 3.05) is 26.4 Å². The molecular weight excluding hydrogens is 641 g/mol. The standard InChI is InChI=1S/C39H76NO8P/c1-3-5-7-9-11-13-15-17-18-20-21-23-25-27-29-31-38(41)45-35-37(36-47-49(43,44)46-34-33-40)48-39(42)32-30-28-26-24-22-19-16-14-12-10-8-6-4-2/h19,22,37H,3-18,20-21,23-36,40H2,1-2H3,(H,43,44)/b22-19+/t37-/m1/s1. The summed E-state index contributed by atoms with van der Waals surface area (Å²) < 4.78 is 32.7. The van der Waals surface area contributed by atoms with Gasteiger partial charge in [0.05, 0.1) is 13.2 Å². The number of nitrogens with two attached hydrogens (primary N) is 1. The molecule has 0 rings (SSSR count). The molecule has 0 aliphatic rings. The van der Waals surface area contributed by atoms with E-state index in [0.29, 0.717) is 6.42 Å². The van der Waals surface area contributed by atoms with Crippen LogP contribution in [-0.4, -0.2) is 49.3 Å². The molecule has 0 saturated heterocycles. The maximum atomic E-state index is 12.5. The predicted molar refractivity (Wildman–Crippen MR) is 201 cm³/mol. The smallest absolute Gasteiger partial charge is 0.462 e. The van der Waals surface area contributed by atoms with E-state index < -0.39 is 26.5 Å². The molecule has 0 aromatic rings. The fourth-order valence-corrected chi connectivity index (χ4v) is 6.39. The molecule has 290 valence electrons. The summed E-state index contributed by atoms with van der Waals surface area (Å²) in [7, 11) is -4.37. The Morgan fingerprint density at radius 1 is 0.592 bits per heavy atom. The average molecular weight is 718 g/mol. The molecule has 0 aromatic carbocycles.